The zero-order valence-corrected chi connectivity index (χ0v) is 12.1. The Kier molecular flexibility index (Phi) is 3.49. The number of fused-ring (bicyclic) bond motifs is 1. The number of rotatable bonds is 2. The van der Waals surface area contributed by atoms with Crippen LogP contribution in [-0.4, -0.2) is 11.0 Å². The van der Waals surface area contributed by atoms with Gasteiger partial charge in [0.1, 0.15) is 11.1 Å². The van der Waals surface area contributed by atoms with Crippen LogP contribution in [0.25, 0.3) is 11.0 Å². The first-order chi connectivity index (χ1) is 10.1. The van der Waals surface area contributed by atoms with Crippen molar-refractivity contribution < 1.29 is 14.3 Å². The molecule has 0 aliphatic carbocycles. The lowest BCUT2D eigenvalue weighted by atomic mass is 10.1. The third-order valence-electron chi connectivity index (χ3n) is 2.98. The minimum atomic E-state index is -0.526. The molecule has 1 amide bonds. The van der Waals surface area contributed by atoms with Crippen LogP contribution in [0.1, 0.15) is 10.4 Å². The number of carbonyl (C=O) groups is 1. The van der Waals surface area contributed by atoms with E-state index in [1.807, 2.05) is 0 Å². The first-order valence-corrected chi connectivity index (χ1v) is 6.79. The molecule has 1 aromatic heterocycles. The molecule has 0 aliphatic rings. The molecule has 0 atom stereocenters. The van der Waals surface area contributed by atoms with Crippen molar-refractivity contribution in [2.75, 3.05) is 5.32 Å². The van der Waals surface area contributed by atoms with Crippen molar-refractivity contribution in [1.29, 1.82) is 0 Å². The molecule has 0 unspecified atom stereocenters. The number of furan rings is 1. The van der Waals surface area contributed by atoms with E-state index in [0.29, 0.717) is 26.7 Å². The van der Waals surface area contributed by atoms with Crippen LogP contribution >= 0.6 is 23.2 Å². The molecule has 0 spiro atoms. The number of hydrogen-bond acceptors (Lipinski definition) is 3. The second-order valence-electron chi connectivity index (χ2n) is 4.36. The molecule has 106 valence electrons. The van der Waals surface area contributed by atoms with E-state index in [1.54, 1.807) is 42.5 Å². The van der Waals surface area contributed by atoms with E-state index in [4.69, 9.17) is 27.6 Å². The van der Waals surface area contributed by atoms with Crippen LogP contribution in [0.2, 0.25) is 10.0 Å². The Bertz CT molecular complexity index is 842. The van der Waals surface area contributed by atoms with Crippen molar-refractivity contribution in [3.8, 4) is 5.95 Å². The van der Waals surface area contributed by atoms with Crippen LogP contribution in [0, 0.1) is 0 Å². The van der Waals surface area contributed by atoms with Gasteiger partial charge in [0.25, 0.3) is 11.9 Å². The van der Waals surface area contributed by atoms with Gasteiger partial charge in [-0.3, -0.25) is 4.79 Å². The summed E-state index contributed by atoms with van der Waals surface area (Å²) in [6.45, 7) is 0. The van der Waals surface area contributed by atoms with Gasteiger partial charge in [-0.1, -0.05) is 35.3 Å². The number of carbonyl (C=O) groups excluding carboxylic acids is 1. The summed E-state index contributed by atoms with van der Waals surface area (Å²) in [4.78, 5) is 12.3. The number of halogens is 2. The van der Waals surface area contributed by atoms with Crippen LogP contribution in [0.5, 0.6) is 5.95 Å². The van der Waals surface area contributed by atoms with Crippen molar-refractivity contribution in [2.45, 2.75) is 0 Å². The Morgan fingerprint density at radius 3 is 2.67 bits per heavy atom. The first-order valence-electron chi connectivity index (χ1n) is 6.03. The zero-order chi connectivity index (χ0) is 15.0. The maximum absolute atomic E-state index is 12.3. The number of aromatic hydroxyl groups is 1. The summed E-state index contributed by atoms with van der Waals surface area (Å²) in [5, 5.41) is 13.7. The van der Waals surface area contributed by atoms with Gasteiger partial charge in [0, 0.05) is 10.4 Å². The molecule has 0 saturated heterocycles. The minimum absolute atomic E-state index is 0.0208. The highest BCUT2D eigenvalue weighted by atomic mass is 35.5. The van der Waals surface area contributed by atoms with Crippen molar-refractivity contribution in [2.24, 2.45) is 0 Å². The molecule has 2 aromatic carbocycles. The van der Waals surface area contributed by atoms with Gasteiger partial charge in [-0.2, -0.15) is 0 Å². The molecule has 0 radical (unpaired) electrons. The van der Waals surface area contributed by atoms with Gasteiger partial charge in [-0.05, 0) is 30.3 Å². The first kappa shape index (κ1) is 13.8. The fourth-order valence-electron chi connectivity index (χ4n) is 2.02. The molecule has 21 heavy (non-hydrogen) atoms. The molecule has 0 aliphatic heterocycles. The second kappa shape index (κ2) is 5.31. The molecule has 0 fully saturated rings. The van der Waals surface area contributed by atoms with Crippen LogP contribution in [-0.2, 0) is 0 Å². The summed E-state index contributed by atoms with van der Waals surface area (Å²) in [6.07, 6.45) is 0. The van der Waals surface area contributed by atoms with E-state index in [0.717, 1.165) is 0 Å². The van der Waals surface area contributed by atoms with E-state index in [9.17, 15) is 9.90 Å². The molecule has 0 saturated carbocycles. The van der Waals surface area contributed by atoms with Gasteiger partial charge in [-0.15, -0.1) is 0 Å². The molecular formula is C15H9Cl2NO3. The van der Waals surface area contributed by atoms with E-state index in [-0.39, 0.29) is 5.56 Å². The Hall–Kier alpha value is -2.17. The normalized spacial score (nSPS) is 10.8. The van der Waals surface area contributed by atoms with Crippen molar-refractivity contribution in [3.63, 3.8) is 0 Å². The third-order valence-corrected chi connectivity index (χ3v) is 3.55. The number of hydrogen-bond donors (Lipinski definition) is 2. The maximum atomic E-state index is 12.3. The summed E-state index contributed by atoms with van der Waals surface area (Å²) >= 11 is 11.9. The van der Waals surface area contributed by atoms with Crippen LogP contribution in [0.15, 0.2) is 46.9 Å². The number of benzene rings is 2. The molecular weight excluding hydrogens is 313 g/mol. The Labute approximate surface area is 129 Å². The lowest BCUT2D eigenvalue weighted by molar-refractivity contribution is 0.102. The topological polar surface area (TPSA) is 62.5 Å². The Morgan fingerprint density at radius 1 is 1.14 bits per heavy atom. The molecule has 0 bridgehead atoms. The molecule has 3 rings (SSSR count). The maximum Gasteiger partial charge on any atom is 0.296 e. The van der Waals surface area contributed by atoms with Crippen molar-refractivity contribution in [3.05, 3.63) is 58.1 Å². The molecule has 2 N–H and O–H groups in total. The largest absolute Gasteiger partial charge is 0.480 e. The fraction of sp³-hybridized carbons (Fsp3) is 0. The predicted octanol–water partition coefficient (Wildman–Crippen LogP) is 4.70. The molecule has 3 aromatic rings. The summed E-state index contributed by atoms with van der Waals surface area (Å²) in [6, 6.07) is 11.6. The summed E-state index contributed by atoms with van der Waals surface area (Å²) in [5.41, 5.74) is 0.841. The smallest absolute Gasteiger partial charge is 0.296 e. The lowest BCUT2D eigenvalue weighted by Crippen LogP contribution is -2.11. The number of amides is 1. The standard InChI is InChI=1S/C15H9Cl2NO3/c16-8-5-6-12-9(7-8)13(15(20)21-12)14(19)18-11-4-2-1-3-10(11)17/h1-7,20H,(H,18,19). The highest BCUT2D eigenvalue weighted by molar-refractivity contribution is 6.34. The Morgan fingerprint density at radius 2 is 1.90 bits per heavy atom. The monoisotopic (exact) mass is 321 g/mol. The van der Waals surface area contributed by atoms with E-state index < -0.39 is 11.9 Å². The van der Waals surface area contributed by atoms with Crippen molar-refractivity contribution in [1.82, 2.24) is 0 Å². The van der Waals surface area contributed by atoms with Gasteiger partial charge in [0.05, 0.1) is 10.7 Å². The number of nitrogens with one attached hydrogen (secondary N) is 1. The second-order valence-corrected chi connectivity index (χ2v) is 5.20. The van der Waals surface area contributed by atoms with E-state index >= 15 is 0 Å². The third kappa shape index (κ3) is 2.55. The quantitative estimate of drug-likeness (QED) is 0.719. The van der Waals surface area contributed by atoms with E-state index in [1.165, 1.54) is 0 Å². The van der Waals surface area contributed by atoms with Crippen molar-refractivity contribution >= 4 is 45.8 Å². The predicted molar refractivity (Wildman–Crippen MR) is 82.3 cm³/mol. The lowest BCUT2D eigenvalue weighted by Gasteiger charge is -2.06. The average molecular weight is 322 g/mol. The van der Waals surface area contributed by atoms with Gasteiger partial charge in [0.15, 0.2) is 0 Å². The van der Waals surface area contributed by atoms with Crippen LogP contribution in [0.4, 0.5) is 5.69 Å². The molecule has 4 nitrogen and oxygen atoms in total. The van der Waals surface area contributed by atoms with Gasteiger partial charge in [-0.25, -0.2) is 0 Å². The van der Waals surface area contributed by atoms with E-state index in [2.05, 4.69) is 5.32 Å². The van der Waals surface area contributed by atoms with Gasteiger partial charge >= 0.3 is 0 Å². The van der Waals surface area contributed by atoms with Crippen LogP contribution < -0.4 is 5.32 Å². The van der Waals surface area contributed by atoms with Gasteiger partial charge in [0.2, 0.25) is 0 Å². The summed E-state index contributed by atoms with van der Waals surface area (Å²) in [5.74, 6) is -0.988. The number of para-hydroxylation sites is 1. The van der Waals surface area contributed by atoms with Crippen LogP contribution in [0.3, 0.4) is 0 Å². The minimum Gasteiger partial charge on any atom is -0.480 e. The molecule has 6 heteroatoms. The highest BCUT2D eigenvalue weighted by Gasteiger charge is 2.21. The highest BCUT2D eigenvalue weighted by Crippen LogP contribution is 2.33. The number of anilines is 1. The summed E-state index contributed by atoms with van der Waals surface area (Å²) in [7, 11) is 0. The molecule has 1 heterocycles. The SMILES string of the molecule is O=C(Nc1ccccc1Cl)c1c(O)oc2ccc(Cl)cc12. The summed E-state index contributed by atoms with van der Waals surface area (Å²) < 4.78 is 5.15. The Balaban J connectivity index is 2.04. The van der Waals surface area contributed by atoms with Gasteiger partial charge < -0.3 is 14.8 Å². The fourth-order valence-corrected chi connectivity index (χ4v) is 2.38. The zero-order valence-electron chi connectivity index (χ0n) is 10.6. The average Bonchev–Trinajstić information content (AvgIpc) is 2.76.